The van der Waals surface area contributed by atoms with Gasteiger partial charge in [-0.1, -0.05) is 81.8 Å². The van der Waals surface area contributed by atoms with Crippen LogP contribution in [0.2, 0.25) is 0 Å². The standard InChI is InChI=1S/C26H21BrN4OS/c1-15-7-9-16(10-8-15)23-21-22(28-25-29-26(33-2)30-31(23)25)19-5-3-4-6-20(19)32-24(21)17-11-13-18(27)14-12-17/h3-14,23-24H,1-2H3,(H,28,29,30). The number of halogens is 1. The molecule has 0 radical (unpaired) electrons. The van der Waals surface area contributed by atoms with Crippen LogP contribution in [-0.4, -0.2) is 21.0 Å². The lowest BCUT2D eigenvalue weighted by atomic mass is 9.84. The molecule has 164 valence electrons. The molecule has 0 aliphatic carbocycles. The molecule has 0 fully saturated rings. The minimum Gasteiger partial charge on any atom is -0.480 e. The molecule has 7 heteroatoms. The lowest BCUT2D eigenvalue weighted by Gasteiger charge is -2.39. The molecule has 33 heavy (non-hydrogen) atoms. The first-order valence-corrected chi connectivity index (χ1v) is 12.7. The molecular weight excluding hydrogens is 496 g/mol. The molecule has 5 nitrogen and oxygen atoms in total. The van der Waals surface area contributed by atoms with E-state index in [1.807, 2.05) is 29.1 Å². The van der Waals surface area contributed by atoms with Gasteiger partial charge in [0, 0.05) is 15.6 Å². The molecule has 0 saturated carbocycles. The Balaban J connectivity index is 1.62. The summed E-state index contributed by atoms with van der Waals surface area (Å²) in [4.78, 5) is 4.76. The third kappa shape index (κ3) is 3.47. The molecule has 1 aromatic heterocycles. The molecule has 4 aromatic rings. The van der Waals surface area contributed by atoms with Gasteiger partial charge in [-0.2, -0.15) is 4.98 Å². The van der Waals surface area contributed by atoms with Crippen molar-refractivity contribution in [3.63, 3.8) is 0 Å². The molecule has 2 atom stereocenters. The van der Waals surface area contributed by atoms with Crippen LogP contribution in [0.15, 0.2) is 88.0 Å². The van der Waals surface area contributed by atoms with Gasteiger partial charge in [0.15, 0.2) is 0 Å². The minimum absolute atomic E-state index is 0.146. The van der Waals surface area contributed by atoms with E-state index in [1.165, 1.54) is 5.56 Å². The highest BCUT2D eigenvalue weighted by molar-refractivity contribution is 9.10. The van der Waals surface area contributed by atoms with Crippen LogP contribution >= 0.6 is 27.7 Å². The molecule has 0 amide bonds. The smallest absolute Gasteiger partial charge is 0.227 e. The second-order valence-electron chi connectivity index (χ2n) is 8.18. The van der Waals surface area contributed by atoms with E-state index < -0.39 is 0 Å². The number of aromatic nitrogens is 3. The fourth-order valence-electron chi connectivity index (χ4n) is 4.53. The van der Waals surface area contributed by atoms with Crippen molar-refractivity contribution in [1.29, 1.82) is 0 Å². The molecule has 0 spiro atoms. The first kappa shape index (κ1) is 20.6. The van der Waals surface area contributed by atoms with Crippen molar-refractivity contribution in [2.75, 3.05) is 11.6 Å². The van der Waals surface area contributed by atoms with Crippen molar-refractivity contribution in [2.24, 2.45) is 0 Å². The molecule has 3 aromatic carbocycles. The molecule has 1 N–H and O–H groups in total. The number of aryl methyl sites for hydroxylation is 1. The maximum atomic E-state index is 6.67. The van der Waals surface area contributed by atoms with Crippen LogP contribution in [-0.2, 0) is 0 Å². The maximum absolute atomic E-state index is 6.67. The van der Waals surface area contributed by atoms with E-state index in [1.54, 1.807) is 11.8 Å². The van der Waals surface area contributed by atoms with Gasteiger partial charge < -0.3 is 10.1 Å². The zero-order valence-corrected chi connectivity index (χ0v) is 20.5. The van der Waals surface area contributed by atoms with Crippen molar-refractivity contribution in [3.05, 3.63) is 105 Å². The Morgan fingerprint density at radius 1 is 0.970 bits per heavy atom. The first-order chi connectivity index (χ1) is 16.1. The number of benzene rings is 3. The second-order valence-corrected chi connectivity index (χ2v) is 9.87. The molecule has 2 unspecified atom stereocenters. The van der Waals surface area contributed by atoms with Crippen LogP contribution < -0.4 is 10.1 Å². The largest absolute Gasteiger partial charge is 0.480 e. The van der Waals surface area contributed by atoms with Gasteiger partial charge in [0.1, 0.15) is 17.9 Å². The van der Waals surface area contributed by atoms with Crippen molar-refractivity contribution in [3.8, 4) is 5.75 Å². The second kappa shape index (κ2) is 8.08. The van der Waals surface area contributed by atoms with Gasteiger partial charge in [-0.25, -0.2) is 4.68 Å². The molecule has 6 rings (SSSR count). The van der Waals surface area contributed by atoms with Gasteiger partial charge in [0.25, 0.3) is 0 Å². The zero-order valence-electron chi connectivity index (χ0n) is 18.1. The van der Waals surface area contributed by atoms with Crippen LogP contribution in [0, 0.1) is 6.92 Å². The maximum Gasteiger partial charge on any atom is 0.227 e. The SMILES string of the molecule is CSc1nc2n(n1)C(c1ccc(C)cc1)C1=C(N2)c2ccccc2OC1c1ccc(Br)cc1. The molecule has 3 heterocycles. The third-order valence-electron chi connectivity index (χ3n) is 6.11. The zero-order chi connectivity index (χ0) is 22.5. The Labute approximate surface area is 205 Å². The first-order valence-electron chi connectivity index (χ1n) is 10.7. The summed E-state index contributed by atoms with van der Waals surface area (Å²) in [6, 6.07) is 25.0. The van der Waals surface area contributed by atoms with E-state index in [-0.39, 0.29) is 12.1 Å². The quantitative estimate of drug-likeness (QED) is 0.309. The minimum atomic E-state index is -0.267. The number of anilines is 1. The van der Waals surface area contributed by atoms with Crippen molar-refractivity contribution in [2.45, 2.75) is 24.2 Å². The Morgan fingerprint density at radius 2 is 1.70 bits per heavy atom. The van der Waals surface area contributed by atoms with Crippen LogP contribution in [0.5, 0.6) is 5.75 Å². The van der Waals surface area contributed by atoms with E-state index in [9.17, 15) is 0 Å². The predicted octanol–water partition coefficient (Wildman–Crippen LogP) is 6.63. The number of fused-ring (bicyclic) bond motifs is 3. The van der Waals surface area contributed by atoms with Crippen molar-refractivity contribution < 1.29 is 4.74 Å². The summed E-state index contributed by atoms with van der Waals surface area (Å²) < 4.78 is 9.71. The topological polar surface area (TPSA) is 52.0 Å². The Bertz CT molecular complexity index is 1380. The molecule has 0 bridgehead atoms. The van der Waals surface area contributed by atoms with Crippen LogP contribution in [0.4, 0.5) is 5.95 Å². The van der Waals surface area contributed by atoms with Gasteiger partial charge in [-0.3, -0.25) is 0 Å². The number of hydrogen-bond donors (Lipinski definition) is 1. The highest BCUT2D eigenvalue weighted by Crippen LogP contribution is 2.50. The highest BCUT2D eigenvalue weighted by Gasteiger charge is 2.41. The Hall–Kier alpha value is -3.03. The van der Waals surface area contributed by atoms with E-state index in [0.717, 1.165) is 49.3 Å². The van der Waals surface area contributed by atoms with Crippen molar-refractivity contribution in [1.82, 2.24) is 14.8 Å². The summed E-state index contributed by atoms with van der Waals surface area (Å²) in [5.74, 6) is 1.60. The summed E-state index contributed by atoms with van der Waals surface area (Å²) in [5, 5.41) is 9.19. The predicted molar refractivity (Wildman–Crippen MR) is 136 cm³/mol. The van der Waals surface area contributed by atoms with Gasteiger partial charge in [0.05, 0.1) is 5.70 Å². The number of rotatable bonds is 3. The van der Waals surface area contributed by atoms with E-state index in [0.29, 0.717) is 0 Å². The van der Waals surface area contributed by atoms with Gasteiger partial charge in [-0.15, -0.1) is 5.10 Å². The molecule has 2 aliphatic heterocycles. The molecule has 2 aliphatic rings. The monoisotopic (exact) mass is 516 g/mol. The Morgan fingerprint density at radius 3 is 2.45 bits per heavy atom. The summed E-state index contributed by atoms with van der Waals surface area (Å²) in [7, 11) is 0. The number of nitrogens with one attached hydrogen (secondary N) is 1. The average Bonchev–Trinajstić information content (AvgIpc) is 3.26. The van der Waals surface area contributed by atoms with Crippen molar-refractivity contribution >= 4 is 39.3 Å². The lowest BCUT2D eigenvalue weighted by molar-refractivity contribution is 0.223. The highest BCUT2D eigenvalue weighted by atomic mass is 79.9. The van der Waals surface area contributed by atoms with Crippen LogP contribution in [0.25, 0.3) is 5.70 Å². The number of para-hydroxylation sites is 1. The van der Waals surface area contributed by atoms with Gasteiger partial charge >= 0.3 is 0 Å². The Kier molecular flexibility index (Phi) is 5.03. The number of hydrogen-bond acceptors (Lipinski definition) is 5. The summed E-state index contributed by atoms with van der Waals surface area (Å²) in [6.07, 6.45) is 1.73. The van der Waals surface area contributed by atoms with E-state index in [2.05, 4.69) is 82.8 Å². The van der Waals surface area contributed by atoms with Crippen LogP contribution in [0.3, 0.4) is 0 Å². The van der Waals surface area contributed by atoms with E-state index in [4.69, 9.17) is 14.8 Å². The summed E-state index contributed by atoms with van der Waals surface area (Å²) in [5.41, 5.74) is 6.68. The third-order valence-corrected chi connectivity index (χ3v) is 7.18. The fourth-order valence-corrected chi connectivity index (χ4v) is 5.14. The van der Waals surface area contributed by atoms with Gasteiger partial charge in [-0.05, 0) is 48.6 Å². The van der Waals surface area contributed by atoms with Gasteiger partial charge in [0.2, 0.25) is 11.1 Å². The molecular formula is C26H21BrN4OS. The average molecular weight is 517 g/mol. The summed E-state index contributed by atoms with van der Waals surface area (Å²) >= 11 is 5.10. The summed E-state index contributed by atoms with van der Waals surface area (Å²) in [6.45, 7) is 2.11. The van der Waals surface area contributed by atoms with E-state index >= 15 is 0 Å². The van der Waals surface area contributed by atoms with Crippen LogP contribution in [0.1, 0.15) is 34.4 Å². The fraction of sp³-hybridized carbons (Fsp3) is 0.154. The number of nitrogens with zero attached hydrogens (tertiary/aromatic N) is 3. The molecule has 0 saturated heterocycles. The number of ether oxygens (including phenoxy) is 1. The lowest BCUT2D eigenvalue weighted by Crippen LogP contribution is -2.32. The normalized spacial score (nSPS) is 18.6. The number of thioether (sulfide) groups is 1.